The largest absolute Gasteiger partial charge is 0.226 e. The van der Waals surface area contributed by atoms with Gasteiger partial charge in [0.05, 0.1) is 11.4 Å². The molecule has 0 amide bonds. The molecule has 0 saturated carbocycles. The molecule has 0 aliphatic carbocycles. The molecule has 8 aromatic rings. The summed E-state index contributed by atoms with van der Waals surface area (Å²) in [5.41, 5.74) is 4.47. The normalized spacial score (nSPS) is 11.5. The zero-order valence-electron chi connectivity index (χ0n) is 21.5. The average molecular weight is 511 g/mol. The number of hydrogen-bond acceptors (Lipinski definition) is 4. The van der Waals surface area contributed by atoms with Gasteiger partial charge in [-0.3, -0.25) is 0 Å². The lowest BCUT2D eigenvalue weighted by molar-refractivity contribution is 1.01. The Morgan fingerprint density at radius 3 is 1.35 bits per heavy atom. The van der Waals surface area contributed by atoms with E-state index in [1.807, 2.05) is 12.1 Å². The van der Waals surface area contributed by atoms with Crippen LogP contribution in [-0.4, -0.2) is 20.2 Å². The Morgan fingerprint density at radius 1 is 0.375 bits per heavy atom. The summed E-state index contributed by atoms with van der Waals surface area (Å²) in [7, 11) is 0. The van der Waals surface area contributed by atoms with Crippen molar-refractivity contribution in [3.63, 3.8) is 0 Å². The number of nitrogens with zero attached hydrogens (tertiary/aromatic N) is 4. The van der Waals surface area contributed by atoms with E-state index in [4.69, 9.17) is 9.97 Å². The number of fused-ring (bicyclic) bond motifs is 6. The number of aromatic nitrogens is 4. The Morgan fingerprint density at radius 2 is 0.850 bits per heavy atom. The molecule has 0 bridgehead atoms. The molecule has 0 saturated heterocycles. The predicted octanol–water partition coefficient (Wildman–Crippen LogP) is 8.88. The van der Waals surface area contributed by atoms with Gasteiger partial charge in [-0.25, -0.2) is 9.97 Å². The minimum atomic E-state index is 0.551. The monoisotopic (exact) mass is 510 g/mol. The van der Waals surface area contributed by atoms with Crippen molar-refractivity contribution in [1.82, 2.24) is 20.2 Å². The van der Waals surface area contributed by atoms with Gasteiger partial charge in [0.2, 0.25) is 0 Å². The van der Waals surface area contributed by atoms with E-state index in [1.54, 1.807) is 6.20 Å². The smallest absolute Gasteiger partial charge is 0.181 e. The molecule has 0 radical (unpaired) electrons. The highest BCUT2D eigenvalue weighted by molar-refractivity contribution is 6.15. The van der Waals surface area contributed by atoms with Crippen LogP contribution in [0.2, 0.25) is 0 Å². The zero-order chi connectivity index (χ0) is 26.5. The summed E-state index contributed by atoms with van der Waals surface area (Å²) in [6.45, 7) is 0. The first kappa shape index (κ1) is 22.5. The van der Waals surface area contributed by atoms with Crippen LogP contribution in [0, 0.1) is 0 Å². The fourth-order valence-electron chi connectivity index (χ4n) is 5.79. The van der Waals surface area contributed by atoms with E-state index < -0.39 is 0 Å². The number of rotatable bonds is 3. The van der Waals surface area contributed by atoms with Gasteiger partial charge in [0, 0.05) is 17.3 Å². The molecule has 40 heavy (non-hydrogen) atoms. The third kappa shape index (κ3) is 3.62. The highest BCUT2D eigenvalue weighted by Gasteiger charge is 2.17. The molecule has 0 atom stereocenters. The van der Waals surface area contributed by atoms with Crippen LogP contribution in [0.5, 0.6) is 0 Å². The molecule has 0 unspecified atom stereocenters. The van der Waals surface area contributed by atoms with E-state index >= 15 is 0 Å². The summed E-state index contributed by atoms with van der Waals surface area (Å²) < 4.78 is 0. The van der Waals surface area contributed by atoms with Crippen LogP contribution < -0.4 is 0 Å². The highest BCUT2D eigenvalue weighted by atomic mass is 15.1. The first-order chi connectivity index (χ1) is 19.8. The fraction of sp³-hybridized carbons (Fsp3) is 0. The first-order valence-electron chi connectivity index (χ1n) is 13.3. The molecule has 8 rings (SSSR count). The Bertz CT molecular complexity index is 2080. The fourth-order valence-corrected chi connectivity index (χ4v) is 5.79. The van der Waals surface area contributed by atoms with Gasteiger partial charge in [-0.15, -0.1) is 5.10 Å². The van der Waals surface area contributed by atoms with Crippen LogP contribution in [0.1, 0.15) is 0 Å². The second kappa shape index (κ2) is 9.07. The van der Waals surface area contributed by atoms with E-state index in [2.05, 4.69) is 125 Å². The van der Waals surface area contributed by atoms with Crippen molar-refractivity contribution in [3.8, 4) is 34.0 Å². The number of benzene rings is 6. The standard InChI is InChI=1S/C36H22N4/c1-3-12-25-23(10-1)20-31(29-16-7-5-14-27(25)29)34-22-35(39-36(38-34)33-18-9-19-37-40-33)32-21-24-11-2-4-13-26(24)28-15-6-8-17-30(28)32/h1-22H. The minimum Gasteiger partial charge on any atom is -0.226 e. The molecular formula is C36H22N4. The summed E-state index contributed by atoms with van der Waals surface area (Å²) >= 11 is 0. The van der Waals surface area contributed by atoms with Crippen molar-refractivity contribution >= 4 is 43.1 Å². The summed E-state index contributed by atoms with van der Waals surface area (Å²) in [5.74, 6) is 0.551. The molecule has 0 fully saturated rings. The van der Waals surface area contributed by atoms with E-state index in [0.717, 1.165) is 33.3 Å². The highest BCUT2D eigenvalue weighted by Crippen LogP contribution is 2.38. The van der Waals surface area contributed by atoms with Gasteiger partial charge in [-0.05, 0) is 73.4 Å². The third-order valence-electron chi connectivity index (χ3n) is 7.62. The van der Waals surface area contributed by atoms with Gasteiger partial charge in [0.15, 0.2) is 5.82 Å². The predicted molar refractivity (Wildman–Crippen MR) is 164 cm³/mol. The second-order valence-electron chi connectivity index (χ2n) is 9.95. The van der Waals surface area contributed by atoms with Crippen LogP contribution >= 0.6 is 0 Å². The van der Waals surface area contributed by atoms with Crippen LogP contribution in [0.15, 0.2) is 134 Å². The van der Waals surface area contributed by atoms with Crippen LogP contribution in [0.4, 0.5) is 0 Å². The maximum atomic E-state index is 5.09. The maximum Gasteiger partial charge on any atom is 0.181 e. The molecule has 0 spiro atoms. The second-order valence-corrected chi connectivity index (χ2v) is 9.95. The van der Waals surface area contributed by atoms with Crippen molar-refractivity contribution in [3.05, 3.63) is 134 Å². The summed E-state index contributed by atoms with van der Waals surface area (Å²) in [4.78, 5) is 10.2. The average Bonchev–Trinajstić information content (AvgIpc) is 3.04. The van der Waals surface area contributed by atoms with Crippen molar-refractivity contribution in [2.24, 2.45) is 0 Å². The van der Waals surface area contributed by atoms with E-state index in [-0.39, 0.29) is 0 Å². The lowest BCUT2D eigenvalue weighted by Crippen LogP contribution is -1.99. The van der Waals surface area contributed by atoms with E-state index in [1.165, 1.54) is 32.3 Å². The van der Waals surface area contributed by atoms with Crippen LogP contribution in [0.3, 0.4) is 0 Å². The van der Waals surface area contributed by atoms with Gasteiger partial charge >= 0.3 is 0 Å². The molecule has 6 aromatic carbocycles. The van der Waals surface area contributed by atoms with Crippen LogP contribution in [-0.2, 0) is 0 Å². The lowest BCUT2D eigenvalue weighted by Gasteiger charge is -2.14. The molecule has 4 nitrogen and oxygen atoms in total. The zero-order valence-corrected chi connectivity index (χ0v) is 21.5. The Balaban J connectivity index is 1.47. The maximum absolute atomic E-state index is 5.09. The summed E-state index contributed by atoms with van der Waals surface area (Å²) in [5, 5.41) is 18.0. The molecular weight excluding hydrogens is 488 g/mol. The van der Waals surface area contributed by atoms with Crippen molar-refractivity contribution in [2.75, 3.05) is 0 Å². The minimum absolute atomic E-state index is 0.551. The van der Waals surface area contributed by atoms with Gasteiger partial charge in [-0.1, -0.05) is 97.1 Å². The quantitative estimate of drug-likeness (QED) is 0.223. The molecule has 0 aliphatic heterocycles. The Labute approximate surface area is 230 Å². The third-order valence-corrected chi connectivity index (χ3v) is 7.62. The van der Waals surface area contributed by atoms with Crippen molar-refractivity contribution in [1.29, 1.82) is 0 Å². The molecule has 0 aliphatic rings. The molecule has 2 aromatic heterocycles. The lowest BCUT2D eigenvalue weighted by atomic mass is 9.93. The summed E-state index contributed by atoms with van der Waals surface area (Å²) in [6, 6.07) is 44.5. The topological polar surface area (TPSA) is 51.6 Å². The van der Waals surface area contributed by atoms with Crippen molar-refractivity contribution < 1.29 is 0 Å². The van der Waals surface area contributed by atoms with Crippen LogP contribution in [0.25, 0.3) is 77.1 Å². The van der Waals surface area contributed by atoms with E-state index in [0.29, 0.717) is 11.5 Å². The van der Waals surface area contributed by atoms with Crippen molar-refractivity contribution in [2.45, 2.75) is 0 Å². The molecule has 4 heteroatoms. The first-order valence-corrected chi connectivity index (χ1v) is 13.3. The molecule has 2 heterocycles. The Kier molecular flexibility index (Phi) is 5.10. The van der Waals surface area contributed by atoms with E-state index in [9.17, 15) is 0 Å². The summed E-state index contributed by atoms with van der Waals surface area (Å²) in [6.07, 6.45) is 1.67. The van der Waals surface area contributed by atoms with Gasteiger partial charge in [0.25, 0.3) is 0 Å². The Hall–Kier alpha value is -5.48. The molecule has 186 valence electrons. The SMILES string of the molecule is c1cnnc(-c2nc(-c3cc4ccccc4c4ccccc34)cc(-c3cc4ccccc4c4ccccc34)n2)c1. The van der Waals surface area contributed by atoms with Gasteiger partial charge in [-0.2, -0.15) is 5.10 Å². The molecule has 0 N–H and O–H groups in total. The number of hydrogen-bond donors (Lipinski definition) is 0. The van der Waals surface area contributed by atoms with Gasteiger partial charge in [0.1, 0.15) is 5.69 Å². The van der Waals surface area contributed by atoms with Gasteiger partial charge < -0.3 is 0 Å².